The summed E-state index contributed by atoms with van der Waals surface area (Å²) < 4.78 is 0. The summed E-state index contributed by atoms with van der Waals surface area (Å²) in [6.07, 6.45) is 13.7. The minimum Gasteiger partial charge on any atom is -0.299 e. The van der Waals surface area contributed by atoms with Crippen molar-refractivity contribution in [1.29, 1.82) is 0 Å². The summed E-state index contributed by atoms with van der Waals surface area (Å²) in [4.78, 5) is 11.7. The molecule has 1 fully saturated rings. The average molecular weight is 224 g/mol. The first-order valence-electron chi connectivity index (χ1n) is 7.22. The standard InChI is InChI=1S/C15H28O/c1-3-4-5-6-7-8-9-10-11-14(16)15(2)12-13-15/h3-13H2,1-2H3. The molecule has 0 N–H and O–H groups in total. The highest BCUT2D eigenvalue weighted by Gasteiger charge is 2.43. The summed E-state index contributed by atoms with van der Waals surface area (Å²) >= 11 is 0. The lowest BCUT2D eigenvalue weighted by molar-refractivity contribution is -0.123. The van der Waals surface area contributed by atoms with Crippen LogP contribution < -0.4 is 0 Å². The average Bonchev–Trinajstić information content (AvgIpc) is 3.01. The molecule has 0 unspecified atom stereocenters. The van der Waals surface area contributed by atoms with Gasteiger partial charge in [-0.3, -0.25) is 4.79 Å². The van der Waals surface area contributed by atoms with Gasteiger partial charge < -0.3 is 0 Å². The Bertz CT molecular complexity index is 203. The number of Topliss-reactive ketones (excluding diaryl/α,β-unsaturated/α-hetero) is 1. The van der Waals surface area contributed by atoms with Crippen molar-refractivity contribution in [2.75, 3.05) is 0 Å². The molecule has 1 heteroatoms. The van der Waals surface area contributed by atoms with Gasteiger partial charge in [-0.25, -0.2) is 0 Å². The lowest BCUT2D eigenvalue weighted by atomic mass is 9.98. The monoisotopic (exact) mass is 224 g/mol. The van der Waals surface area contributed by atoms with Gasteiger partial charge in [0.05, 0.1) is 0 Å². The summed E-state index contributed by atoms with van der Waals surface area (Å²) in [6, 6.07) is 0. The van der Waals surface area contributed by atoms with Crippen LogP contribution in [0.25, 0.3) is 0 Å². The van der Waals surface area contributed by atoms with Gasteiger partial charge in [-0.1, -0.05) is 58.8 Å². The maximum absolute atomic E-state index is 11.7. The molecule has 0 aromatic rings. The van der Waals surface area contributed by atoms with Crippen molar-refractivity contribution >= 4 is 5.78 Å². The normalized spacial score (nSPS) is 17.4. The van der Waals surface area contributed by atoms with E-state index in [-0.39, 0.29) is 5.41 Å². The molecule has 0 amide bonds. The highest BCUT2D eigenvalue weighted by molar-refractivity contribution is 5.86. The second-order valence-corrected chi connectivity index (χ2v) is 5.71. The van der Waals surface area contributed by atoms with Crippen molar-refractivity contribution in [2.45, 2.75) is 84.5 Å². The van der Waals surface area contributed by atoms with Gasteiger partial charge in [0.25, 0.3) is 0 Å². The molecule has 16 heavy (non-hydrogen) atoms. The van der Waals surface area contributed by atoms with Crippen LogP contribution in [0.1, 0.15) is 84.5 Å². The Hall–Kier alpha value is -0.330. The minimum absolute atomic E-state index is 0.112. The number of hydrogen-bond donors (Lipinski definition) is 0. The number of rotatable bonds is 10. The zero-order chi connectivity index (χ0) is 11.9. The molecule has 0 aromatic carbocycles. The van der Waals surface area contributed by atoms with Crippen molar-refractivity contribution < 1.29 is 4.79 Å². The number of ketones is 1. The van der Waals surface area contributed by atoms with Crippen molar-refractivity contribution in [3.8, 4) is 0 Å². The van der Waals surface area contributed by atoms with Crippen LogP contribution in [0.3, 0.4) is 0 Å². The largest absolute Gasteiger partial charge is 0.299 e. The van der Waals surface area contributed by atoms with Crippen LogP contribution in [0.2, 0.25) is 0 Å². The van der Waals surface area contributed by atoms with E-state index in [1.807, 2.05) is 0 Å². The molecule has 0 heterocycles. The van der Waals surface area contributed by atoms with Gasteiger partial charge in [0.1, 0.15) is 5.78 Å². The number of hydrogen-bond acceptors (Lipinski definition) is 1. The molecule has 0 aromatic heterocycles. The van der Waals surface area contributed by atoms with Gasteiger partial charge in [0.2, 0.25) is 0 Å². The maximum Gasteiger partial charge on any atom is 0.138 e. The van der Waals surface area contributed by atoms with Crippen LogP contribution >= 0.6 is 0 Å². The van der Waals surface area contributed by atoms with Crippen molar-refractivity contribution in [3.05, 3.63) is 0 Å². The Morgan fingerprint density at radius 3 is 1.94 bits per heavy atom. The zero-order valence-corrected chi connectivity index (χ0v) is 11.2. The number of unbranched alkanes of at least 4 members (excludes halogenated alkanes) is 7. The van der Waals surface area contributed by atoms with E-state index in [2.05, 4.69) is 13.8 Å². The first-order chi connectivity index (χ1) is 7.69. The van der Waals surface area contributed by atoms with Crippen LogP contribution in [0.15, 0.2) is 0 Å². The van der Waals surface area contributed by atoms with E-state index in [0.717, 1.165) is 25.7 Å². The maximum atomic E-state index is 11.7. The second-order valence-electron chi connectivity index (χ2n) is 5.71. The summed E-state index contributed by atoms with van der Waals surface area (Å²) in [5.74, 6) is 0.526. The Balaban J connectivity index is 1.83. The van der Waals surface area contributed by atoms with E-state index in [1.54, 1.807) is 0 Å². The Morgan fingerprint density at radius 1 is 0.938 bits per heavy atom. The van der Waals surface area contributed by atoms with Crippen LogP contribution in [0.4, 0.5) is 0 Å². The molecule has 0 aliphatic heterocycles. The van der Waals surface area contributed by atoms with Gasteiger partial charge in [0, 0.05) is 11.8 Å². The topological polar surface area (TPSA) is 17.1 Å². The highest BCUT2D eigenvalue weighted by atomic mass is 16.1. The van der Waals surface area contributed by atoms with Gasteiger partial charge in [-0.05, 0) is 19.3 Å². The predicted octanol–water partition coefficient (Wildman–Crippen LogP) is 4.89. The first-order valence-corrected chi connectivity index (χ1v) is 7.22. The van der Waals surface area contributed by atoms with E-state index >= 15 is 0 Å². The molecule has 1 nitrogen and oxygen atoms in total. The second kappa shape index (κ2) is 7.09. The third kappa shape index (κ3) is 5.14. The predicted molar refractivity (Wildman–Crippen MR) is 69.6 cm³/mol. The smallest absolute Gasteiger partial charge is 0.138 e. The van der Waals surface area contributed by atoms with Crippen molar-refractivity contribution in [3.63, 3.8) is 0 Å². The van der Waals surface area contributed by atoms with Gasteiger partial charge in [0.15, 0.2) is 0 Å². The van der Waals surface area contributed by atoms with Gasteiger partial charge >= 0.3 is 0 Å². The molecule has 1 aliphatic carbocycles. The fraction of sp³-hybridized carbons (Fsp3) is 0.933. The highest BCUT2D eigenvalue weighted by Crippen LogP contribution is 2.46. The van der Waals surface area contributed by atoms with Gasteiger partial charge in [-0.15, -0.1) is 0 Å². The summed E-state index contributed by atoms with van der Waals surface area (Å²) in [5, 5.41) is 0. The van der Waals surface area contributed by atoms with E-state index in [9.17, 15) is 4.79 Å². The Morgan fingerprint density at radius 2 is 1.44 bits per heavy atom. The molecule has 1 rings (SSSR count). The molecule has 0 radical (unpaired) electrons. The molecule has 1 aliphatic rings. The van der Waals surface area contributed by atoms with Crippen LogP contribution in [-0.4, -0.2) is 5.78 Å². The van der Waals surface area contributed by atoms with Crippen molar-refractivity contribution in [1.82, 2.24) is 0 Å². The van der Waals surface area contributed by atoms with Crippen LogP contribution in [0.5, 0.6) is 0 Å². The fourth-order valence-corrected chi connectivity index (χ4v) is 2.19. The summed E-state index contributed by atoms with van der Waals surface area (Å²) in [5.41, 5.74) is 0.112. The zero-order valence-electron chi connectivity index (χ0n) is 11.2. The van der Waals surface area contributed by atoms with Crippen LogP contribution in [-0.2, 0) is 4.79 Å². The molecule has 0 bridgehead atoms. The third-order valence-corrected chi connectivity index (χ3v) is 3.93. The quantitative estimate of drug-likeness (QED) is 0.483. The Labute approximate surface area is 101 Å². The van der Waals surface area contributed by atoms with Crippen molar-refractivity contribution in [2.24, 2.45) is 5.41 Å². The van der Waals surface area contributed by atoms with E-state index in [1.165, 1.54) is 44.9 Å². The van der Waals surface area contributed by atoms with E-state index in [0.29, 0.717) is 5.78 Å². The molecular weight excluding hydrogens is 196 g/mol. The Kier molecular flexibility index (Phi) is 6.08. The molecule has 0 atom stereocenters. The van der Waals surface area contributed by atoms with E-state index in [4.69, 9.17) is 0 Å². The summed E-state index contributed by atoms with van der Waals surface area (Å²) in [7, 11) is 0. The molecule has 1 saturated carbocycles. The molecule has 0 spiro atoms. The minimum atomic E-state index is 0.112. The molecular formula is C15H28O. The third-order valence-electron chi connectivity index (χ3n) is 3.93. The van der Waals surface area contributed by atoms with Crippen LogP contribution in [0, 0.1) is 5.41 Å². The molecule has 0 saturated heterocycles. The number of carbonyl (C=O) groups excluding carboxylic acids is 1. The molecule has 94 valence electrons. The van der Waals surface area contributed by atoms with E-state index < -0.39 is 0 Å². The first kappa shape index (κ1) is 13.7. The SMILES string of the molecule is CCCCCCCCCCC(=O)C1(C)CC1. The van der Waals surface area contributed by atoms with Gasteiger partial charge in [-0.2, -0.15) is 0 Å². The summed E-state index contributed by atoms with van der Waals surface area (Å²) in [6.45, 7) is 4.38. The number of carbonyl (C=O) groups is 1. The fourth-order valence-electron chi connectivity index (χ4n) is 2.19. The lowest BCUT2D eigenvalue weighted by Crippen LogP contribution is -2.10. The lowest BCUT2D eigenvalue weighted by Gasteiger charge is -2.06.